The van der Waals surface area contributed by atoms with Gasteiger partial charge < -0.3 is 4.74 Å². The van der Waals surface area contributed by atoms with Crippen LogP contribution in [0.25, 0.3) is 16.9 Å². The molecule has 0 amide bonds. The minimum Gasteiger partial charge on any atom is -0.462 e. The van der Waals surface area contributed by atoms with Crippen LogP contribution in [0.5, 0.6) is 0 Å². The summed E-state index contributed by atoms with van der Waals surface area (Å²) >= 11 is 0. The predicted molar refractivity (Wildman–Crippen MR) is 114 cm³/mol. The Bertz CT molecular complexity index is 1350. The molecule has 6 nitrogen and oxygen atoms in total. The first-order valence-corrected chi connectivity index (χ1v) is 10.1. The molecule has 4 rings (SSSR count). The predicted octanol–water partition coefficient (Wildman–Crippen LogP) is 5.02. The number of halogens is 3. The van der Waals surface area contributed by atoms with E-state index in [4.69, 9.17) is 4.74 Å². The highest BCUT2D eigenvalue weighted by Gasteiger charge is 2.30. The Morgan fingerprint density at radius 2 is 1.85 bits per heavy atom. The summed E-state index contributed by atoms with van der Waals surface area (Å²) in [6.07, 6.45) is -1.67. The van der Waals surface area contributed by atoms with Crippen LogP contribution >= 0.6 is 0 Å². The molecule has 0 atom stereocenters. The van der Waals surface area contributed by atoms with E-state index in [2.05, 4.69) is 10.1 Å². The Morgan fingerprint density at radius 1 is 1.06 bits per heavy atom. The highest BCUT2D eigenvalue weighted by molar-refractivity contribution is 5.98. The maximum absolute atomic E-state index is 13.0. The van der Waals surface area contributed by atoms with E-state index in [0.29, 0.717) is 22.5 Å². The summed E-state index contributed by atoms with van der Waals surface area (Å²) in [5.41, 5.74) is 1.65. The van der Waals surface area contributed by atoms with Gasteiger partial charge in [-0.3, -0.25) is 4.79 Å². The molecule has 0 fully saturated rings. The van der Waals surface area contributed by atoms with Gasteiger partial charge >= 0.3 is 12.1 Å². The molecule has 0 unspecified atom stereocenters. The molecule has 9 heteroatoms. The van der Waals surface area contributed by atoms with Gasteiger partial charge in [-0.2, -0.15) is 18.3 Å². The lowest BCUT2D eigenvalue weighted by atomic mass is 9.99. The van der Waals surface area contributed by atoms with Gasteiger partial charge in [0, 0.05) is 23.7 Å². The SMILES string of the molecule is CCOC(=O)c1cnn2c(-c3cccc(CC(=O)c4cccc(C(F)(F)F)c4)c3)ccnc12. The monoisotopic (exact) mass is 453 g/mol. The molecule has 33 heavy (non-hydrogen) atoms. The zero-order valence-electron chi connectivity index (χ0n) is 17.5. The van der Waals surface area contributed by atoms with E-state index in [1.54, 1.807) is 37.3 Å². The van der Waals surface area contributed by atoms with E-state index in [9.17, 15) is 22.8 Å². The number of alkyl halides is 3. The van der Waals surface area contributed by atoms with Crippen LogP contribution in [0.15, 0.2) is 67.0 Å². The van der Waals surface area contributed by atoms with Crippen molar-refractivity contribution in [3.8, 4) is 11.3 Å². The van der Waals surface area contributed by atoms with Crippen LogP contribution in [0.3, 0.4) is 0 Å². The van der Waals surface area contributed by atoms with Crippen molar-refractivity contribution in [1.82, 2.24) is 14.6 Å². The fourth-order valence-electron chi connectivity index (χ4n) is 3.46. The zero-order valence-corrected chi connectivity index (χ0v) is 17.5. The molecule has 0 aliphatic heterocycles. The fraction of sp³-hybridized carbons (Fsp3) is 0.167. The Kier molecular flexibility index (Phi) is 5.95. The maximum atomic E-state index is 13.0. The minimum absolute atomic E-state index is 0.00677. The van der Waals surface area contributed by atoms with Gasteiger partial charge in [0.05, 0.1) is 24.1 Å². The van der Waals surface area contributed by atoms with E-state index >= 15 is 0 Å². The standard InChI is InChI=1S/C24H18F3N3O3/c1-2-33-23(32)19-14-29-30-20(9-10-28-22(19)30)16-6-3-5-15(11-16)12-21(31)17-7-4-8-18(13-17)24(25,26)27/h3-11,13-14H,2,12H2,1H3. The number of Topliss-reactive ketones (excluding diaryl/α,β-unsaturated/α-hetero) is 1. The molecule has 0 aliphatic rings. The van der Waals surface area contributed by atoms with Crippen molar-refractivity contribution in [2.75, 3.05) is 6.61 Å². The summed E-state index contributed by atoms with van der Waals surface area (Å²) in [5.74, 6) is -0.959. The molecule has 168 valence electrons. The van der Waals surface area contributed by atoms with Crippen LogP contribution in [-0.4, -0.2) is 33.0 Å². The van der Waals surface area contributed by atoms with Crippen molar-refractivity contribution in [2.24, 2.45) is 0 Å². The van der Waals surface area contributed by atoms with Gasteiger partial charge in [-0.1, -0.05) is 30.3 Å². The van der Waals surface area contributed by atoms with Crippen LogP contribution in [0.1, 0.15) is 38.8 Å². The molecule has 0 aliphatic carbocycles. The Hall–Kier alpha value is -4.01. The van der Waals surface area contributed by atoms with Gasteiger partial charge in [0.1, 0.15) is 5.56 Å². The maximum Gasteiger partial charge on any atom is 0.416 e. The number of hydrogen-bond acceptors (Lipinski definition) is 5. The number of benzene rings is 2. The van der Waals surface area contributed by atoms with Gasteiger partial charge in [-0.05, 0) is 36.8 Å². The summed E-state index contributed by atoms with van der Waals surface area (Å²) in [5, 5.41) is 4.25. The Balaban J connectivity index is 1.63. The first kappa shape index (κ1) is 22.2. The number of carbonyl (C=O) groups excluding carboxylic acids is 2. The second-order valence-corrected chi connectivity index (χ2v) is 7.22. The second kappa shape index (κ2) is 8.85. The van der Waals surface area contributed by atoms with Crippen LogP contribution in [0.2, 0.25) is 0 Å². The van der Waals surface area contributed by atoms with Crippen molar-refractivity contribution in [2.45, 2.75) is 19.5 Å². The summed E-state index contributed by atoms with van der Waals surface area (Å²) < 4.78 is 45.4. The molecule has 2 heterocycles. The largest absolute Gasteiger partial charge is 0.462 e. The molecule has 0 radical (unpaired) electrons. The van der Waals surface area contributed by atoms with Crippen LogP contribution in [0, 0.1) is 0 Å². The van der Waals surface area contributed by atoms with Crippen molar-refractivity contribution in [1.29, 1.82) is 0 Å². The highest BCUT2D eigenvalue weighted by atomic mass is 19.4. The highest BCUT2D eigenvalue weighted by Crippen LogP contribution is 2.30. The van der Waals surface area contributed by atoms with E-state index in [1.807, 2.05) is 0 Å². The quantitative estimate of drug-likeness (QED) is 0.303. The molecule has 2 aromatic carbocycles. The molecule has 0 saturated heterocycles. The second-order valence-electron chi connectivity index (χ2n) is 7.22. The average molecular weight is 453 g/mol. The van der Waals surface area contributed by atoms with Gasteiger partial charge in [-0.25, -0.2) is 14.3 Å². The normalized spacial score (nSPS) is 11.5. The molecule has 2 aromatic heterocycles. The number of rotatable bonds is 6. The van der Waals surface area contributed by atoms with Crippen molar-refractivity contribution in [3.63, 3.8) is 0 Å². The summed E-state index contributed by atoms with van der Waals surface area (Å²) in [6, 6.07) is 13.1. The lowest BCUT2D eigenvalue weighted by Gasteiger charge is -2.09. The Labute approximate surface area is 186 Å². The summed E-state index contributed by atoms with van der Waals surface area (Å²) in [7, 11) is 0. The van der Waals surface area contributed by atoms with Gasteiger partial charge in [0.2, 0.25) is 0 Å². The fourth-order valence-corrected chi connectivity index (χ4v) is 3.46. The third-order valence-electron chi connectivity index (χ3n) is 5.00. The third-order valence-corrected chi connectivity index (χ3v) is 5.00. The van der Waals surface area contributed by atoms with Crippen molar-refractivity contribution < 1.29 is 27.5 Å². The summed E-state index contributed by atoms with van der Waals surface area (Å²) in [6.45, 7) is 1.92. The number of aromatic nitrogens is 3. The number of esters is 1. The van der Waals surface area contributed by atoms with Crippen LogP contribution < -0.4 is 0 Å². The number of hydrogen-bond donors (Lipinski definition) is 0. The molecule has 4 aromatic rings. The number of fused-ring (bicyclic) bond motifs is 1. The topological polar surface area (TPSA) is 73.6 Å². The smallest absolute Gasteiger partial charge is 0.416 e. The van der Waals surface area contributed by atoms with Gasteiger partial charge in [0.15, 0.2) is 11.4 Å². The molecular weight excluding hydrogens is 435 g/mol. The molecule has 0 N–H and O–H groups in total. The number of ether oxygens (including phenoxy) is 1. The molecule has 0 saturated carbocycles. The van der Waals surface area contributed by atoms with Crippen molar-refractivity contribution >= 4 is 17.4 Å². The molecule has 0 bridgehead atoms. The lowest BCUT2D eigenvalue weighted by Crippen LogP contribution is -2.09. The first-order chi connectivity index (χ1) is 15.8. The van der Waals surface area contributed by atoms with Crippen LogP contribution in [-0.2, 0) is 17.3 Å². The number of ketones is 1. The molecule has 0 spiro atoms. The van der Waals surface area contributed by atoms with Gasteiger partial charge in [0.25, 0.3) is 0 Å². The van der Waals surface area contributed by atoms with E-state index < -0.39 is 23.5 Å². The minimum atomic E-state index is -4.52. The number of carbonyl (C=O) groups is 2. The molecular formula is C24H18F3N3O3. The van der Waals surface area contributed by atoms with Crippen molar-refractivity contribution in [3.05, 3.63) is 89.2 Å². The number of nitrogens with zero attached hydrogens (tertiary/aromatic N) is 3. The van der Waals surface area contributed by atoms with E-state index in [0.717, 1.165) is 12.1 Å². The lowest BCUT2D eigenvalue weighted by molar-refractivity contribution is -0.137. The zero-order chi connectivity index (χ0) is 23.6. The third kappa shape index (κ3) is 4.62. The van der Waals surface area contributed by atoms with E-state index in [-0.39, 0.29) is 24.2 Å². The average Bonchev–Trinajstić information content (AvgIpc) is 3.23. The first-order valence-electron chi connectivity index (χ1n) is 10.1. The van der Waals surface area contributed by atoms with Gasteiger partial charge in [-0.15, -0.1) is 0 Å². The van der Waals surface area contributed by atoms with E-state index in [1.165, 1.54) is 29.0 Å². The summed E-state index contributed by atoms with van der Waals surface area (Å²) in [4.78, 5) is 29.0. The Morgan fingerprint density at radius 3 is 2.61 bits per heavy atom. The van der Waals surface area contributed by atoms with Crippen LogP contribution in [0.4, 0.5) is 13.2 Å².